The largest absolute Gasteiger partial charge is 0.464 e. The lowest BCUT2D eigenvalue weighted by atomic mass is 9.95. The summed E-state index contributed by atoms with van der Waals surface area (Å²) in [6, 6.07) is 20.8. The van der Waals surface area contributed by atoms with E-state index in [9.17, 15) is 10.1 Å². The molecule has 0 aliphatic carbocycles. The van der Waals surface area contributed by atoms with Crippen molar-refractivity contribution in [2.75, 3.05) is 0 Å². The number of hydrazone groups is 1. The van der Waals surface area contributed by atoms with Crippen LogP contribution in [0.25, 0.3) is 0 Å². The predicted octanol–water partition coefficient (Wildman–Crippen LogP) is 5.91. The lowest BCUT2D eigenvalue weighted by molar-refractivity contribution is -0.385. The first kappa shape index (κ1) is 18.8. The molecule has 5 rings (SSSR count). The minimum absolute atomic E-state index is 0.00758. The molecule has 6 nitrogen and oxygen atoms in total. The van der Waals surface area contributed by atoms with Crippen LogP contribution in [0.4, 0.5) is 5.69 Å². The van der Waals surface area contributed by atoms with Crippen LogP contribution < -0.4 is 4.74 Å². The number of nitro groups is 1. The zero-order valence-electron chi connectivity index (χ0n) is 16.2. The number of benzene rings is 3. The lowest BCUT2D eigenvalue weighted by Crippen LogP contribution is -2.33. The zero-order valence-corrected chi connectivity index (χ0v) is 17.7. The third-order valence-corrected chi connectivity index (χ3v) is 6.00. The van der Waals surface area contributed by atoms with E-state index in [4.69, 9.17) is 9.84 Å². The van der Waals surface area contributed by atoms with E-state index >= 15 is 0 Å². The smallest absolute Gasteiger partial charge is 0.269 e. The molecule has 0 saturated heterocycles. The zero-order chi connectivity index (χ0) is 20.8. The molecular weight excluding hydrogens is 446 g/mol. The second-order valence-electron chi connectivity index (χ2n) is 7.52. The standard InChI is InChI=1S/C23H18BrN3O3/c1-14-5-7-15(8-6-14)20-13-21-19-12-17(24)9-10-22(19)30-23(26(21)25-20)16-3-2-4-18(11-16)27(28)29/h2-12,21,23H,13H2,1H3/t21-,23-/m1/s1. The summed E-state index contributed by atoms with van der Waals surface area (Å²) < 4.78 is 7.27. The van der Waals surface area contributed by atoms with Crippen LogP contribution in [0.5, 0.6) is 5.75 Å². The molecule has 2 aliphatic rings. The first-order chi connectivity index (χ1) is 14.5. The van der Waals surface area contributed by atoms with Crippen molar-refractivity contribution in [3.05, 3.63) is 104 Å². The highest BCUT2D eigenvalue weighted by Gasteiger charge is 2.41. The van der Waals surface area contributed by atoms with Gasteiger partial charge >= 0.3 is 0 Å². The Labute approximate surface area is 182 Å². The predicted molar refractivity (Wildman–Crippen MR) is 118 cm³/mol. The van der Waals surface area contributed by atoms with Crippen LogP contribution in [0.2, 0.25) is 0 Å². The second-order valence-corrected chi connectivity index (χ2v) is 8.43. The van der Waals surface area contributed by atoms with Crippen LogP contribution in [0, 0.1) is 17.0 Å². The van der Waals surface area contributed by atoms with Gasteiger partial charge in [0.15, 0.2) is 0 Å². The number of nitro benzene ring substituents is 1. The number of nitrogens with zero attached hydrogens (tertiary/aromatic N) is 3. The molecule has 0 aromatic heterocycles. The van der Waals surface area contributed by atoms with E-state index < -0.39 is 6.23 Å². The van der Waals surface area contributed by atoms with Gasteiger partial charge in [-0.1, -0.05) is 57.9 Å². The Balaban J connectivity index is 1.60. The van der Waals surface area contributed by atoms with E-state index in [0.29, 0.717) is 5.56 Å². The molecule has 3 aromatic carbocycles. The van der Waals surface area contributed by atoms with Crippen molar-refractivity contribution in [3.63, 3.8) is 0 Å². The van der Waals surface area contributed by atoms with Crippen LogP contribution in [0.1, 0.15) is 40.9 Å². The molecule has 7 heteroatoms. The Morgan fingerprint density at radius 2 is 1.93 bits per heavy atom. The van der Waals surface area contributed by atoms with Gasteiger partial charge in [-0.2, -0.15) is 5.10 Å². The SMILES string of the molecule is Cc1ccc(C2=NN3[C@H](C2)c2cc(Br)ccc2O[C@@H]3c2cccc([N+](=O)[O-])c2)cc1. The monoisotopic (exact) mass is 463 g/mol. The van der Waals surface area contributed by atoms with Crippen molar-refractivity contribution in [2.24, 2.45) is 5.10 Å². The molecule has 0 spiro atoms. The molecule has 0 bridgehead atoms. The van der Waals surface area contributed by atoms with Gasteiger partial charge in [0.1, 0.15) is 5.75 Å². The summed E-state index contributed by atoms with van der Waals surface area (Å²) in [5.41, 5.74) is 5.04. The molecular formula is C23H18BrN3O3. The Morgan fingerprint density at radius 3 is 2.70 bits per heavy atom. The molecule has 30 heavy (non-hydrogen) atoms. The van der Waals surface area contributed by atoms with Crippen LogP contribution in [-0.4, -0.2) is 15.6 Å². The maximum Gasteiger partial charge on any atom is 0.269 e. The van der Waals surface area contributed by atoms with Crippen LogP contribution >= 0.6 is 15.9 Å². The Hall–Kier alpha value is -3.19. The van der Waals surface area contributed by atoms with Gasteiger partial charge in [-0.3, -0.25) is 10.1 Å². The fourth-order valence-corrected chi connectivity index (χ4v) is 4.37. The van der Waals surface area contributed by atoms with E-state index in [2.05, 4.69) is 53.2 Å². The van der Waals surface area contributed by atoms with E-state index in [1.54, 1.807) is 12.1 Å². The van der Waals surface area contributed by atoms with Gasteiger partial charge in [-0.15, -0.1) is 0 Å². The van der Waals surface area contributed by atoms with Gasteiger partial charge in [0.2, 0.25) is 6.23 Å². The summed E-state index contributed by atoms with van der Waals surface area (Å²) in [5.74, 6) is 0.774. The summed E-state index contributed by atoms with van der Waals surface area (Å²) in [5, 5.41) is 18.1. The van der Waals surface area contributed by atoms with Gasteiger partial charge in [0.05, 0.1) is 16.7 Å². The summed E-state index contributed by atoms with van der Waals surface area (Å²) in [4.78, 5) is 10.9. The highest BCUT2D eigenvalue weighted by molar-refractivity contribution is 9.10. The lowest BCUT2D eigenvalue weighted by Gasteiger charge is -2.38. The third-order valence-electron chi connectivity index (χ3n) is 5.50. The Bertz CT molecular complexity index is 1180. The fourth-order valence-electron chi connectivity index (χ4n) is 3.99. The number of fused-ring (bicyclic) bond motifs is 3. The topological polar surface area (TPSA) is 68.0 Å². The number of halogens is 1. The highest BCUT2D eigenvalue weighted by atomic mass is 79.9. The van der Waals surface area contributed by atoms with Crippen molar-refractivity contribution in [1.29, 1.82) is 0 Å². The van der Waals surface area contributed by atoms with Crippen molar-refractivity contribution >= 4 is 27.3 Å². The van der Waals surface area contributed by atoms with E-state index in [1.165, 1.54) is 11.6 Å². The highest BCUT2D eigenvalue weighted by Crippen LogP contribution is 2.48. The van der Waals surface area contributed by atoms with E-state index in [1.807, 2.05) is 23.2 Å². The van der Waals surface area contributed by atoms with Crippen molar-refractivity contribution in [1.82, 2.24) is 5.01 Å². The maximum atomic E-state index is 11.3. The number of ether oxygens (including phenoxy) is 1. The quantitative estimate of drug-likeness (QED) is 0.357. The maximum absolute atomic E-state index is 11.3. The summed E-state index contributed by atoms with van der Waals surface area (Å²) in [6.07, 6.45) is 0.202. The first-order valence-corrected chi connectivity index (χ1v) is 10.4. The minimum atomic E-state index is -0.536. The molecule has 2 atom stereocenters. The normalized spacial score (nSPS) is 19.5. The number of hydrogen-bond acceptors (Lipinski definition) is 5. The number of rotatable bonds is 3. The van der Waals surface area contributed by atoms with Crippen LogP contribution in [-0.2, 0) is 0 Å². The van der Waals surface area contributed by atoms with Gasteiger partial charge in [0, 0.05) is 34.2 Å². The molecule has 150 valence electrons. The van der Waals surface area contributed by atoms with Gasteiger partial charge in [-0.05, 0) is 30.7 Å². The number of hydrogen-bond donors (Lipinski definition) is 0. The summed E-state index contributed by atoms with van der Waals surface area (Å²) >= 11 is 3.55. The van der Waals surface area contributed by atoms with Gasteiger partial charge in [0.25, 0.3) is 5.69 Å². The summed E-state index contributed by atoms with van der Waals surface area (Å²) in [7, 11) is 0. The minimum Gasteiger partial charge on any atom is -0.464 e. The first-order valence-electron chi connectivity index (χ1n) is 9.63. The van der Waals surface area contributed by atoms with E-state index in [-0.39, 0.29) is 16.7 Å². The number of non-ortho nitro benzene ring substituents is 1. The molecule has 0 fully saturated rings. The Morgan fingerprint density at radius 1 is 1.13 bits per heavy atom. The fraction of sp³-hybridized carbons (Fsp3) is 0.174. The van der Waals surface area contributed by atoms with Crippen LogP contribution in [0.15, 0.2) is 76.3 Å². The molecule has 2 aliphatic heterocycles. The average molecular weight is 464 g/mol. The molecule has 0 radical (unpaired) electrons. The van der Waals surface area contributed by atoms with Crippen molar-refractivity contribution in [3.8, 4) is 5.75 Å². The van der Waals surface area contributed by atoms with Gasteiger partial charge in [-0.25, -0.2) is 5.01 Å². The molecule has 3 aromatic rings. The molecule has 0 saturated carbocycles. The summed E-state index contributed by atoms with van der Waals surface area (Å²) in [6.45, 7) is 2.06. The molecule has 0 unspecified atom stereocenters. The third kappa shape index (κ3) is 3.25. The van der Waals surface area contributed by atoms with Gasteiger partial charge < -0.3 is 4.74 Å². The average Bonchev–Trinajstić information content (AvgIpc) is 3.19. The molecule has 0 amide bonds. The molecule has 2 heterocycles. The second kappa shape index (κ2) is 7.25. The number of aryl methyl sites for hydroxylation is 1. The van der Waals surface area contributed by atoms with Crippen molar-refractivity contribution in [2.45, 2.75) is 25.6 Å². The Kier molecular flexibility index (Phi) is 4.55. The van der Waals surface area contributed by atoms with Crippen LogP contribution in [0.3, 0.4) is 0 Å². The van der Waals surface area contributed by atoms with Crippen molar-refractivity contribution < 1.29 is 9.66 Å². The van der Waals surface area contributed by atoms with E-state index in [0.717, 1.165) is 33.5 Å². The molecule has 0 N–H and O–H groups in total.